The van der Waals surface area contributed by atoms with Crippen LogP contribution in [0.3, 0.4) is 0 Å². The molecule has 6 heteroatoms. The van der Waals surface area contributed by atoms with Crippen molar-refractivity contribution in [2.45, 2.75) is 26.3 Å². The van der Waals surface area contributed by atoms with Crippen LogP contribution in [0.25, 0.3) is 5.65 Å². The zero-order valence-corrected chi connectivity index (χ0v) is 13.0. The molecule has 0 fully saturated rings. The number of rotatable bonds is 2. The number of fused-ring (bicyclic) bond motifs is 1. The number of aromatic nitrogens is 2. The van der Waals surface area contributed by atoms with Gasteiger partial charge in [0.2, 0.25) is 0 Å². The van der Waals surface area contributed by atoms with Gasteiger partial charge in [0.05, 0.1) is 12.2 Å². The Morgan fingerprint density at radius 2 is 2.06 bits per heavy atom. The maximum Gasteiger partial charge on any atom is 1.00 e. The van der Waals surface area contributed by atoms with E-state index in [9.17, 15) is 9.90 Å². The first-order valence-corrected chi connectivity index (χ1v) is 5.33. The normalized spacial score (nSPS) is 11.1. The van der Waals surface area contributed by atoms with Crippen molar-refractivity contribution >= 4 is 17.4 Å². The summed E-state index contributed by atoms with van der Waals surface area (Å²) >= 11 is 0. The molecule has 0 atom stereocenters. The van der Waals surface area contributed by atoms with Crippen molar-refractivity contribution < 1.29 is 39.5 Å². The summed E-state index contributed by atoms with van der Waals surface area (Å²) in [6, 6.07) is 3.14. The molecule has 0 radical (unpaired) electrons. The number of carbonyl (C=O) groups is 1. The van der Waals surface area contributed by atoms with Crippen molar-refractivity contribution in [1.29, 1.82) is 0 Å². The molecule has 1 N–H and O–H groups in total. The van der Waals surface area contributed by atoms with Crippen LogP contribution in [0.2, 0.25) is 0 Å². The predicted molar refractivity (Wildman–Crippen MR) is 62.9 cm³/mol. The summed E-state index contributed by atoms with van der Waals surface area (Å²) in [7, 11) is 0. The molecule has 0 saturated carbocycles. The van der Waals surface area contributed by atoms with E-state index < -0.39 is 5.97 Å². The Labute approximate surface area is 128 Å². The minimum atomic E-state index is -1.19. The first-order chi connectivity index (χ1) is 7.87. The number of carbonyl (C=O) groups excluding carboxylic acids is 1. The van der Waals surface area contributed by atoms with Crippen LogP contribution in [0.5, 0.6) is 0 Å². The molecule has 0 bridgehead atoms. The van der Waals surface area contributed by atoms with Crippen LogP contribution in [0.4, 0.5) is 5.82 Å². The summed E-state index contributed by atoms with van der Waals surface area (Å²) in [5.41, 5.74) is 0.710. The fourth-order valence-electron chi connectivity index (χ4n) is 1.58. The van der Waals surface area contributed by atoms with Crippen LogP contribution in [-0.4, -0.2) is 20.9 Å². The summed E-state index contributed by atoms with van der Waals surface area (Å²) in [6.07, 6.45) is 3.19. The third-order valence-electron chi connectivity index (χ3n) is 2.24. The molecule has 0 spiro atoms. The molecular weight excluding hydrogens is 241 g/mol. The fraction of sp³-hybridized carbons (Fsp3) is 0.333. The number of nitrogens with zero attached hydrogens (tertiary/aromatic N) is 2. The number of nitrogens with one attached hydrogen (secondary N) is 1. The standard InChI is InChI=1S/C12H15N3O2.Na/c1-12(2,3)14-10-6-13-9-5-4-8(11(16)17)7-15(9)10;/h4-7,14H,1-3H3,(H,16,17);/q;+1/p-1. The number of carboxylic acids is 1. The van der Waals surface area contributed by atoms with E-state index in [2.05, 4.69) is 10.3 Å². The van der Waals surface area contributed by atoms with Crippen LogP contribution >= 0.6 is 0 Å². The molecule has 2 rings (SSSR count). The molecule has 0 amide bonds. The van der Waals surface area contributed by atoms with Crippen molar-refractivity contribution in [2.24, 2.45) is 0 Å². The second-order valence-corrected chi connectivity index (χ2v) is 4.95. The maximum atomic E-state index is 10.8. The van der Waals surface area contributed by atoms with Gasteiger partial charge in [0.1, 0.15) is 11.5 Å². The third kappa shape index (κ3) is 3.25. The molecule has 0 unspecified atom stereocenters. The van der Waals surface area contributed by atoms with Gasteiger partial charge in [-0.1, -0.05) is 0 Å². The second kappa shape index (κ2) is 5.30. The molecule has 90 valence electrons. The number of hydrogen-bond acceptors (Lipinski definition) is 4. The Bertz CT molecular complexity index is 572. The van der Waals surface area contributed by atoms with Crippen molar-refractivity contribution in [1.82, 2.24) is 9.38 Å². The van der Waals surface area contributed by atoms with E-state index >= 15 is 0 Å². The van der Waals surface area contributed by atoms with Gasteiger partial charge in [0.15, 0.2) is 0 Å². The number of imidazole rings is 1. The molecular formula is C12H14N3NaO2. The van der Waals surface area contributed by atoms with Crippen LogP contribution in [0.15, 0.2) is 24.5 Å². The van der Waals surface area contributed by atoms with Gasteiger partial charge in [0, 0.05) is 17.3 Å². The summed E-state index contributed by atoms with van der Waals surface area (Å²) in [6.45, 7) is 6.07. The third-order valence-corrected chi connectivity index (χ3v) is 2.24. The van der Waals surface area contributed by atoms with Crippen LogP contribution in [0.1, 0.15) is 31.1 Å². The van der Waals surface area contributed by atoms with Crippen molar-refractivity contribution in [2.75, 3.05) is 5.32 Å². The maximum absolute atomic E-state index is 10.8. The van der Waals surface area contributed by atoms with Gasteiger partial charge >= 0.3 is 29.6 Å². The van der Waals surface area contributed by atoms with Crippen molar-refractivity contribution in [3.05, 3.63) is 30.1 Å². The number of hydrogen-bond donors (Lipinski definition) is 1. The Kier molecular flexibility index (Phi) is 4.42. The van der Waals surface area contributed by atoms with Gasteiger partial charge in [-0.3, -0.25) is 4.40 Å². The fourth-order valence-corrected chi connectivity index (χ4v) is 1.58. The van der Waals surface area contributed by atoms with Crippen LogP contribution in [0, 0.1) is 0 Å². The summed E-state index contributed by atoms with van der Waals surface area (Å²) in [5, 5.41) is 14.1. The van der Waals surface area contributed by atoms with Gasteiger partial charge in [-0.15, -0.1) is 0 Å². The topological polar surface area (TPSA) is 69.5 Å². The van der Waals surface area contributed by atoms with E-state index in [0.29, 0.717) is 5.65 Å². The molecule has 5 nitrogen and oxygen atoms in total. The van der Waals surface area contributed by atoms with E-state index in [1.54, 1.807) is 16.7 Å². The van der Waals surface area contributed by atoms with Crippen LogP contribution in [-0.2, 0) is 0 Å². The Morgan fingerprint density at radius 3 is 2.61 bits per heavy atom. The number of carboxylic acid groups (broad SMARTS) is 1. The van der Waals surface area contributed by atoms with Crippen molar-refractivity contribution in [3.8, 4) is 0 Å². The monoisotopic (exact) mass is 255 g/mol. The van der Waals surface area contributed by atoms with E-state index in [1.807, 2.05) is 20.8 Å². The second-order valence-electron chi connectivity index (χ2n) is 4.95. The predicted octanol–water partition coefficient (Wildman–Crippen LogP) is -2.09. The number of aromatic carboxylic acids is 1. The number of anilines is 1. The van der Waals surface area contributed by atoms with Gasteiger partial charge < -0.3 is 15.2 Å². The first-order valence-electron chi connectivity index (χ1n) is 5.33. The summed E-state index contributed by atoms with van der Waals surface area (Å²) < 4.78 is 1.70. The van der Waals surface area contributed by atoms with E-state index in [0.717, 1.165) is 5.82 Å². The first kappa shape index (κ1) is 15.0. The van der Waals surface area contributed by atoms with E-state index in [4.69, 9.17) is 0 Å². The SMILES string of the molecule is CC(C)(C)Nc1cnc2ccc(C(=O)[O-])cn12.[Na+]. The molecule has 0 aliphatic heterocycles. The quantitative estimate of drug-likeness (QED) is 0.625. The molecule has 0 aliphatic rings. The molecule has 18 heavy (non-hydrogen) atoms. The molecule has 0 aliphatic carbocycles. The molecule has 2 aromatic rings. The van der Waals surface area contributed by atoms with Gasteiger partial charge in [-0.05, 0) is 32.9 Å². The Balaban J connectivity index is 0.00000162. The van der Waals surface area contributed by atoms with Crippen LogP contribution < -0.4 is 40.0 Å². The minimum absolute atomic E-state index is 0. The van der Waals surface area contributed by atoms with Gasteiger partial charge in [0.25, 0.3) is 0 Å². The molecule has 2 aromatic heterocycles. The molecule has 2 heterocycles. The smallest absolute Gasteiger partial charge is 0.545 e. The van der Waals surface area contributed by atoms with Gasteiger partial charge in [-0.25, -0.2) is 4.98 Å². The Hall–Kier alpha value is -1.04. The summed E-state index contributed by atoms with van der Waals surface area (Å²) in [4.78, 5) is 15.0. The van der Waals surface area contributed by atoms with Crippen molar-refractivity contribution in [3.63, 3.8) is 0 Å². The Morgan fingerprint density at radius 1 is 1.39 bits per heavy atom. The minimum Gasteiger partial charge on any atom is -0.545 e. The van der Waals surface area contributed by atoms with E-state index in [1.165, 1.54) is 12.3 Å². The van der Waals surface area contributed by atoms with E-state index in [-0.39, 0.29) is 40.7 Å². The summed E-state index contributed by atoms with van der Waals surface area (Å²) in [5.74, 6) is -0.432. The molecule has 0 saturated heterocycles. The average molecular weight is 255 g/mol. The van der Waals surface area contributed by atoms with Gasteiger partial charge in [-0.2, -0.15) is 0 Å². The zero-order valence-electron chi connectivity index (χ0n) is 11.0. The zero-order chi connectivity index (χ0) is 12.6. The molecule has 0 aromatic carbocycles. The number of pyridine rings is 1. The largest absolute Gasteiger partial charge is 1.00 e. The average Bonchev–Trinajstić information content (AvgIpc) is 2.58.